The normalized spacial score (nSPS) is 16.8. The smallest absolute Gasteiger partial charge is 0.266 e. The second kappa shape index (κ2) is 9.03. The number of hydrogen-bond donors (Lipinski definition) is 1. The number of pyridine rings is 1. The van der Waals surface area contributed by atoms with E-state index in [4.69, 9.17) is 4.74 Å². The van der Waals surface area contributed by atoms with Crippen LogP contribution in [0.3, 0.4) is 0 Å². The average Bonchev–Trinajstić information content (AvgIpc) is 2.78. The fraction of sp³-hybridized carbons (Fsp3) is 0.375. The number of rotatable bonds is 6. The Balaban J connectivity index is 1.70. The highest BCUT2D eigenvalue weighted by molar-refractivity contribution is 5.95. The van der Waals surface area contributed by atoms with Gasteiger partial charge in [-0.15, -0.1) is 0 Å². The number of alkyl halides is 4. The average molecular weight is 465 g/mol. The van der Waals surface area contributed by atoms with E-state index in [1.807, 2.05) is 11.0 Å². The van der Waals surface area contributed by atoms with Crippen LogP contribution >= 0.6 is 0 Å². The van der Waals surface area contributed by atoms with E-state index in [0.717, 1.165) is 6.07 Å². The van der Waals surface area contributed by atoms with E-state index < -0.39 is 29.8 Å². The Morgan fingerprint density at radius 2 is 1.79 bits per heavy atom. The van der Waals surface area contributed by atoms with Crippen molar-refractivity contribution < 1.29 is 26.7 Å². The minimum absolute atomic E-state index is 0.116. The number of fused-ring (bicyclic) bond motifs is 1. The van der Waals surface area contributed by atoms with E-state index in [-0.39, 0.29) is 31.5 Å². The van der Waals surface area contributed by atoms with Crippen molar-refractivity contribution in [1.29, 1.82) is 0 Å². The molecule has 0 unspecified atom stereocenters. The highest BCUT2D eigenvalue weighted by Gasteiger charge is 2.35. The molecular formula is C24H24F5N3O. The fourth-order valence-electron chi connectivity index (χ4n) is 4.16. The molecule has 176 valence electrons. The molecule has 1 atom stereocenters. The molecule has 1 aromatic heterocycles. The summed E-state index contributed by atoms with van der Waals surface area (Å²) in [5.41, 5.74) is 1.34. The van der Waals surface area contributed by atoms with Gasteiger partial charge in [-0.2, -0.15) is 0 Å². The van der Waals surface area contributed by atoms with Crippen molar-refractivity contribution in [1.82, 2.24) is 4.98 Å². The van der Waals surface area contributed by atoms with E-state index in [0.29, 0.717) is 28.0 Å². The van der Waals surface area contributed by atoms with Crippen LogP contribution in [0.2, 0.25) is 0 Å². The summed E-state index contributed by atoms with van der Waals surface area (Å²) in [4.78, 5) is 6.21. The van der Waals surface area contributed by atoms with Crippen LogP contribution < -0.4 is 15.0 Å². The molecule has 1 saturated heterocycles. The van der Waals surface area contributed by atoms with Crippen LogP contribution in [0.1, 0.15) is 43.4 Å². The van der Waals surface area contributed by atoms with Crippen molar-refractivity contribution in [2.24, 2.45) is 0 Å². The molecule has 0 saturated carbocycles. The molecule has 4 rings (SSSR count). The van der Waals surface area contributed by atoms with Gasteiger partial charge < -0.3 is 15.0 Å². The van der Waals surface area contributed by atoms with Gasteiger partial charge in [0, 0.05) is 54.8 Å². The minimum atomic E-state index is -2.91. The summed E-state index contributed by atoms with van der Waals surface area (Å²) in [5, 5.41) is 3.87. The number of methoxy groups -OCH3 is 1. The first-order chi connectivity index (χ1) is 15.7. The molecule has 4 nitrogen and oxygen atoms in total. The summed E-state index contributed by atoms with van der Waals surface area (Å²) in [6.07, 6.45) is -1.83. The molecule has 0 amide bonds. The van der Waals surface area contributed by atoms with Crippen molar-refractivity contribution in [3.63, 3.8) is 0 Å². The Hall–Kier alpha value is -3.10. The van der Waals surface area contributed by atoms with Crippen LogP contribution in [0, 0.1) is 5.82 Å². The highest BCUT2D eigenvalue weighted by atomic mass is 19.3. The van der Waals surface area contributed by atoms with Crippen molar-refractivity contribution in [2.45, 2.75) is 38.2 Å². The van der Waals surface area contributed by atoms with E-state index in [2.05, 4.69) is 10.3 Å². The zero-order chi connectivity index (χ0) is 23.8. The predicted octanol–water partition coefficient (Wildman–Crippen LogP) is 6.73. The van der Waals surface area contributed by atoms with Crippen LogP contribution in [0.5, 0.6) is 5.75 Å². The van der Waals surface area contributed by atoms with Gasteiger partial charge in [0.2, 0.25) is 0 Å². The molecule has 1 aliphatic rings. The topological polar surface area (TPSA) is 37.4 Å². The van der Waals surface area contributed by atoms with Crippen molar-refractivity contribution in [2.75, 3.05) is 30.4 Å². The maximum absolute atomic E-state index is 14.6. The Bertz CT molecular complexity index is 1140. The first-order valence-electron chi connectivity index (χ1n) is 10.6. The first-order valence-corrected chi connectivity index (χ1v) is 10.6. The minimum Gasteiger partial charge on any atom is -0.495 e. The number of anilines is 2. The van der Waals surface area contributed by atoms with Crippen LogP contribution in [0.15, 0.2) is 42.6 Å². The van der Waals surface area contributed by atoms with Crippen LogP contribution in [-0.2, 0) is 0 Å². The zero-order valence-electron chi connectivity index (χ0n) is 18.2. The number of aromatic nitrogens is 1. The van der Waals surface area contributed by atoms with Crippen molar-refractivity contribution in [3.05, 3.63) is 59.5 Å². The van der Waals surface area contributed by atoms with Gasteiger partial charge in [0.25, 0.3) is 12.3 Å². The molecule has 1 aliphatic heterocycles. The predicted molar refractivity (Wildman–Crippen MR) is 118 cm³/mol. The number of ether oxygens (including phenoxy) is 1. The lowest BCUT2D eigenvalue weighted by Crippen LogP contribution is -2.39. The molecule has 0 spiro atoms. The standard InChI is InChI=1S/C24H24F5N3O/c1-14(15-4-3-5-16(22(15)25)23(26)27)31-18-6-9-30-19-13-21(33-2)20(12-17(18)19)32-10-7-24(28,29)8-11-32/h3-6,9,12-14,23H,7-8,10-11H2,1-2H3,(H,30,31)/t14-/m1/s1. The van der Waals surface area contributed by atoms with E-state index in [1.54, 1.807) is 25.3 Å². The molecule has 0 radical (unpaired) electrons. The molecule has 2 aromatic carbocycles. The third-order valence-electron chi connectivity index (χ3n) is 6.01. The lowest BCUT2D eigenvalue weighted by Gasteiger charge is -2.34. The number of hydrogen-bond acceptors (Lipinski definition) is 4. The molecule has 0 bridgehead atoms. The summed E-state index contributed by atoms with van der Waals surface area (Å²) >= 11 is 0. The molecule has 9 heteroatoms. The van der Waals surface area contributed by atoms with Gasteiger partial charge in [0.05, 0.1) is 29.9 Å². The number of nitrogens with one attached hydrogen (secondary N) is 1. The monoisotopic (exact) mass is 465 g/mol. The van der Waals surface area contributed by atoms with E-state index >= 15 is 0 Å². The maximum Gasteiger partial charge on any atom is 0.266 e. The second-order valence-corrected chi connectivity index (χ2v) is 8.16. The Labute approximate surface area is 188 Å². The molecule has 1 fully saturated rings. The summed E-state index contributed by atoms with van der Waals surface area (Å²) < 4.78 is 73.7. The largest absolute Gasteiger partial charge is 0.495 e. The highest BCUT2D eigenvalue weighted by Crippen LogP contribution is 2.39. The number of piperidine rings is 1. The Morgan fingerprint density at radius 1 is 1.09 bits per heavy atom. The van der Waals surface area contributed by atoms with Gasteiger partial charge in [-0.1, -0.05) is 18.2 Å². The number of benzene rings is 2. The first kappa shape index (κ1) is 23.1. The molecule has 3 aromatic rings. The molecular weight excluding hydrogens is 441 g/mol. The van der Waals surface area contributed by atoms with Gasteiger partial charge in [-0.05, 0) is 19.1 Å². The summed E-state index contributed by atoms with van der Waals surface area (Å²) in [7, 11) is 1.51. The third-order valence-corrected chi connectivity index (χ3v) is 6.01. The molecule has 1 N–H and O–H groups in total. The molecule has 2 heterocycles. The Kier molecular flexibility index (Phi) is 6.32. The van der Waals surface area contributed by atoms with Crippen LogP contribution in [-0.4, -0.2) is 31.1 Å². The fourth-order valence-corrected chi connectivity index (χ4v) is 4.16. The van der Waals surface area contributed by atoms with Gasteiger partial charge >= 0.3 is 0 Å². The van der Waals surface area contributed by atoms with Gasteiger partial charge in [-0.3, -0.25) is 4.98 Å². The van der Waals surface area contributed by atoms with Gasteiger partial charge in [0.15, 0.2) is 0 Å². The number of nitrogens with zero attached hydrogens (tertiary/aromatic N) is 2. The maximum atomic E-state index is 14.6. The number of halogens is 5. The van der Waals surface area contributed by atoms with Gasteiger partial charge in [0.1, 0.15) is 11.6 Å². The summed E-state index contributed by atoms with van der Waals surface area (Å²) in [5.74, 6) is -3.11. The van der Waals surface area contributed by atoms with E-state index in [1.165, 1.54) is 19.2 Å². The van der Waals surface area contributed by atoms with Crippen molar-refractivity contribution >= 4 is 22.3 Å². The molecule has 33 heavy (non-hydrogen) atoms. The van der Waals surface area contributed by atoms with Crippen LogP contribution in [0.4, 0.5) is 33.3 Å². The lowest BCUT2D eigenvalue weighted by molar-refractivity contribution is -0.0221. The Morgan fingerprint density at radius 3 is 2.45 bits per heavy atom. The van der Waals surface area contributed by atoms with Crippen LogP contribution in [0.25, 0.3) is 10.9 Å². The zero-order valence-corrected chi connectivity index (χ0v) is 18.2. The third kappa shape index (κ3) is 4.67. The van der Waals surface area contributed by atoms with E-state index in [9.17, 15) is 22.0 Å². The summed E-state index contributed by atoms with van der Waals surface area (Å²) in [6, 6.07) is 8.56. The second-order valence-electron chi connectivity index (χ2n) is 8.16. The summed E-state index contributed by atoms with van der Waals surface area (Å²) in [6.45, 7) is 2.04. The van der Waals surface area contributed by atoms with Crippen molar-refractivity contribution in [3.8, 4) is 5.75 Å². The lowest BCUT2D eigenvalue weighted by atomic mass is 10.0. The molecule has 0 aliphatic carbocycles. The van der Waals surface area contributed by atoms with Gasteiger partial charge in [-0.25, -0.2) is 22.0 Å². The quantitative estimate of drug-likeness (QED) is 0.410. The SMILES string of the molecule is COc1cc2nccc(N[C@H](C)c3cccc(C(F)F)c3F)c2cc1N1CCC(F)(F)CC1.